The fourth-order valence-corrected chi connectivity index (χ4v) is 1.86. The van der Waals surface area contributed by atoms with Gasteiger partial charge in [0.15, 0.2) is 0 Å². The second kappa shape index (κ2) is 3.63. The van der Waals surface area contributed by atoms with E-state index in [1.807, 2.05) is 6.08 Å². The highest BCUT2D eigenvalue weighted by atomic mass is 16.6. The Kier molecular flexibility index (Phi) is 2.96. The molecule has 1 aliphatic rings. The molecule has 0 radical (unpaired) electrons. The van der Waals surface area contributed by atoms with Crippen LogP contribution >= 0.6 is 0 Å². The molecule has 0 aromatic carbocycles. The minimum Gasteiger partial charge on any atom is -0.414 e. The molecule has 0 aliphatic heterocycles. The van der Waals surface area contributed by atoms with Crippen LogP contribution in [-0.4, -0.2) is 21.3 Å². The Labute approximate surface area is 75.1 Å². The predicted octanol–water partition coefficient (Wildman–Crippen LogP) is 2.12. The number of hydrogen-bond donors (Lipinski definition) is 0. The van der Waals surface area contributed by atoms with Gasteiger partial charge in [-0.25, -0.2) is 0 Å². The highest BCUT2D eigenvalue weighted by molar-refractivity contribution is 6.47. The molecule has 0 saturated heterocycles. The summed E-state index contributed by atoms with van der Waals surface area (Å²) in [6.45, 7) is 6.00. The molecule has 0 unspecified atom stereocenters. The summed E-state index contributed by atoms with van der Waals surface area (Å²) < 4.78 is 10.4. The van der Waals surface area contributed by atoms with Gasteiger partial charge < -0.3 is 9.31 Å². The Bertz CT molecular complexity index is 168. The van der Waals surface area contributed by atoms with Gasteiger partial charge in [0.2, 0.25) is 0 Å². The monoisotopic (exact) mass is 168 g/mol. The minimum atomic E-state index is -0.0325. The van der Waals surface area contributed by atoms with Crippen molar-refractivity contribution in [2.75, 3.05) is 14.2 Å². The molecule has 0 heterocycles. The van der Waals surface area contributed by atoms with Gasteiger partial charge in [0.05, 0.1) is 0 Å². The molecule has 12 heavy (non-hydrogen) atoms. The van der Waals surface area contributed by atoms with Gasteiger partial charge in [-0.3, -0.25) is 0 Å². The Morgan fingerprint density at radius 3 is 2.58 bits per heavy atom. The second-order valence-electron chi connectivity index (χ2n) is 3.80. The summed E-state index contributed by atoms with van der Waals surface area (Å²) in [4.78, 5) is 0. The van der Waals surface area contributed by atoms with Gasteiger partial charge >= 0.3 is 7.12 Å². The molecule has 0 bridgehead atoms. The summed E-state index contributed by atoms with van der Waals surface area (Å²) >= 11 is 0. The zero-order valence-corrected chi connectivity index (χ0v) is 8.17. The van der Waals surface area contributed by atoms with Crippen LogP contribution in [0.2, 0.25) is 5.82 Å². The van der Waals surface area contributed by atoms with Crippen LogP contribution in [0.3, 0.4) is 0 Å². The van der Waals surface area contributed by atoms with Crippen LogP contribution in [0.4, 0.5) is 0 Å². The van der Waals surface area contributed by atoms with Crippen LogP contribution in [0.15, 0.2) is 12.7 Å². The zero-order chi connectivity index (χ0) is 9.19. The van der Waals surface area contributed by atoms with E-state index in [0.29, 0.717) is 11.2 Å². The van der Waals surface area contributed by atoms with Crippen molar-refractivity contribution in [3.63, 3.8) is 0 Å². The standard InChI is InChI=1S/C9H17BO2/c1-5-6-9(2)7-8(9)10(11-3)12-4/h5,8H,1,6-7H2,2-4H3/t8-,9+/m0/s1. The molecule has 2 atom stereocenters. The first kappa shape index (κ1) is 9.81. The van der Waals surface area contributed by atoms with E-state index in [0.717, 1.165) is 6.42 Å². The summed E-state index contributed by atoms with van der Waals surface area (Å²) in [6.07, 6.45) is 4.22. The lowest BCUT2D eigenvalue weighted by atomic mass is 9.76. The first-order valence-electron chi connectivity index (χ1n) is 4.34. The van der Waals surface area contributed by atoms with Gasteiger partial charge in [-0.15, -0.1) is 6.58 Å². The molecular formula is C9H17BO2. The van der Waals surface area contributed by atoms with Crippen molar-refractivity contribution in [2.45, 2.75) is 25.6 Å². The third kappa shape index (κ3) is 1.72. The van der Waals surface area contributed by atoms with E-state index in [1.54, 1.807) is 14.2 Å². The van der Waals surface area contributed by atoms with Crippen LogP contribution in [0.1, 0.15) is 19.8 Å². The maximum absolute atomic E-state index is 5.21. The molecule has 1 rings (SSSR count). The molecule has 0 N–H and O–H groups in total. The van der Waals surface area contributed by atoms with E-state index >= 15 is 0 Å². The van der Waals surface area contributed by atoms with Gasteiger partial charge in [0.25, 0.3) is 0 Å². The van der Waals surface area contributed by atoms with Gasteiger partial charge in [0.1, 0.15) is 0 Å². The fraction of sp³-hybridized carbons (Fsp3) is 0.778. The average Bonchev–Trinajstić information content (AvgIpc) is 2.66. The summed E-state index contributed by atoms with van der Waals surface area (Å²) in [7, 11) is 3.36. The summed E-state index contributed by atoms with van der Waals surface area (Å²) in [6, 6.07) is 0. The molecule has 1 aliphatic carbocycles. The number of hydrogen-bond acceptors (Lipinski definition) is 2. The Hall–Kier alpha value is -0.275. The fourth-order valence-electron chi connectivity index (χ4n) is 1.86. The lowest BCUT2D eigenvalue weighted by molar-refractivity contribution is 0.270. The van der Waals surface area contributed by atoms with Crippen molar-refractivity contribution in [3.05, 3.63) is 12.7 Å². The van der Waals surface area contributed by atoms with Crippen molar-refractivity contribution < 1.29 is 9.31 Å². The predicted molar refractivity (Wildman–Crippen MR) is 51.1 cm³/mol. The first-order valence-corrected chi connectivity index (χ1v) is 4.34. The maximum atomic E-state index is 5.21. The lowest BCUT2D eigenvalue weighted by Gasteiger charge is -2.11. The van der Waals surface area contributed by atoms with Crippen molar-refractivity contribution in [3.8, 4) is 0 Å². The average molecular weight is 168 g/mol. The molecular weight excluding hydrogens is 151 g/mol. The van der Waals surface area contributed by atoms with E-state index in [-0.39, 0.29) is 7.12 Å². The van der Waals surface area contributed by atoms with Gasteiger partial charge in [-0.2, -0.15) is 0 Å². The Morgan fingerprint density at radius 1 is 1.58 bits per heavy atom. The number of rotatable bonds is 5. The molecule has 3 heteroatoms. The molecule has 0 aromatic heterocycles. The van der Waals surface area contributed by atoms with Gasteiger partial charge in [0, 0.05) is 20.0 Å². The second-order valence-corrected chi connectivity index (χ2v) is 3.80. The van der Waals surface area contributed by atoms with E-state index in [4.69, 9.17) is 9.31 Å². The third-order valence-electron chi connectivity index (χ3n) is 2.83. The van der Waals surface area contributed by atoms with Crippen molar-refractivity contribution in [1.82, 2.24) is 0 Å². The van der Waals surface area contributed by atoms with Crippen LogP contribution in [0, 0.1) is 5.41 Å². The van der Waals surface area contributed by atoms with E-state index in [9.17, 15) is 0 Å². The SMILES string of the molecule is C=CC[C@]1(C)C[C@@H]1B(OC)OC. The smallest absolute Gasteiger partial charge is 0.414 e. The Morgan fingerprint density at radius 2 is 2.17 bits per heavy atom. The lowest BCUT2D eigenvalue weighted by Crippen LogP contribution is -2.21. The molecule has 1 saturated carbocycles. The van der Waals surface area contributed by atoms with E-state index in [2.05, 4.69) is 13.5 Å². The maximum Gasteiger partial charge on any atom is 0.460 e. The highest BCUT2D eigenvalue weighted by Crippen LogP contribution is 2.61. The van der Waals surface area contributed by atoms with Gasteiger partial charge in [-0.05, 0) is 18.3 Å². The summed E-state index contributed by atoms with van der Waals surface area (Å²) in [5, 5.41) is 0. The number of allylic oxidation sites excluding steroid dienone is 1. The molecule has 0 spiro atoms. The third-order valence-corrected chi connectivity index (χ3v) is 2.83. The van der Waals surface area contributed by atoms with Crippen molar-refractivity contribution >= 4 is 7.12 Å². The zero-order valence-electron chi connectivity index (χ0n) is 8.17. The molecule has 68 valence electrons. The van der Waals surface area contributed by atoms with Crippen molar-refractivity contribution in [2.24, 2.45) is 5.41 Å². The topological polar surface area (TPSA) is 18.5 Å². The largest absolute Gasteiger partial charge is 0.460 e. The quantitative estimate of drug-likeness (QED) is 0.462. The van der Waals surface area contributed by atoms with E-state index < -0.39 is 0 Å². The highest BCUT2D eigenvalue weighted by Gasteiger charge is 2.56. The molecule has 2 nitrogen and oxygen atoms in total. The normalized spacial score (nSPS) is 33.1. The molecule has 1 fully saturated rings. The van der Waals surface area contributed by atoms with Gasteiger partial charge in [-0.1, -0.05) is 13.0 Å². The Balaban J connectivity index is 2.43. The van der Waals surface area contributed by atoms with E-state index in [1.165, 1.54) is 6.42 Å². The molecule has 0 amide bonds. The first-order chi connectivity index (χ1) is 5.68. The van der Waals surface area contributed by atoms with Crippen LogP contribution < -0.4 is 0 Å². The summed E-state index contributed by atoms with van der Waals surface area (Å²) in [5.41, 5.74) is 0.373. The minimum absolute atomic E-state index is 0.0325. The molecule has 0 aromatic rings. The van der Waals surface area contributed by atoms with Crippen LogP contribution in [0.25, 0.3) is 0 Å². The summed E-state index contributed by atoms with van der Waals surface area (Å²) in [5.74, 6) is 0.547. The van der Waals surface area contributed by atoms with Crippen molar-refractivity contribution in [1.29, 1.82) is 0 Å². The van der Waals surface area contributed by atoms with Crippen LogP contribution in [-0.2, 0) is 9.31 Å². The van der Waals surface area contributed by atoms with Crippen LogP contribution in [0.5, 0.6) is 0 Å².